The van der Waals surface area contributed by atoms with Crippen LogP contribution >= 0.6 is 23.2 Å². The van der Waals surface area contributed by atoms with E-state index in [1.54, 1.807) is 13.8 Å². The highest BCUT2D eigenvalue weighted by molar-refractivity contribution is 6.22. The lowest BCUT2D eigenvalue weighted by molar-refractivity contribution is -0.808. The molecule has 0 unspecified atom stereocenters. The Hall–Kier alpha value is -0.480. The van der Waals surface area contributed by atoms with Crippen molar-refractivity contribution >= 4 is 23.2 Å². The lowest BCUT2D eigenvalue weighted by atomic mass is 10.2. The molecule has 12 heavy (non-hydrogen) atoms. The molecule has 0 aliphatic carbocycles. The highest BCUT2D eigenvalue weighted by Crippen LogP contribution is 2.26. The molecular formula is C6H8Cl2N2O2. The molecule has 1 rings (SSSR count). The molecule has 68 valence electrons. The van der Waals surface area contributed by atoms with Crippen LogP contribution in [-0.4, -0.2) is 5.16 Å². The number of aromatic nitrogens is 2. The Balaban J connectivity index is 3.12. The lowest BCUT2D eigenvalue weighted by Crippen LogP contribution is -2.29. The van der Waals surface area contributed by atoms with Crippen LogP contribution in [0.5, 0.6) is 0 Å². The van der Waals surface area contributed by atoms with Crippen molar-refractivity contribution in [1.29, 1.82) is 0 Å². The topological polar surface area (TPSA) is 53.0 Å². The van der Waals surface area contributed by atoms with E-state index in [1.807, 2.05) is 0 Å². The van der Waals surface area contributed by atoms with Crippen LogP contribution in [0, 0.1) is 5.21 Å². The number of alkyl halides is 2. The quantitative estimate of drug-likeness (QED) is 0.554. The maximum atomic E-state index is 10.9. The first kappa shape index (κ1) is 9.61. The Morgan fingerprint density at radius 2 is 2.00 bits per heavy atom. The van der Waals surface area contributed by atoms with Gasteiger partial charge in [0.25, 0.3) is 0 Å². The summed E-state index contributed by atoms with van der Waals surface area (Å²) in [4.78, 5) is 0.284. The molecule has 0 aromatic carbocycles. The van der Waals surface area contributed by atoms with Crippen molar-refractivity contribution in [2.75, 3.05) is 0 Å². The van der Waals surface area contributed by atoms with Crippen LogP contribution in [0.4, 0.5) is 0 Å². The second kappa shape index (κ2) is 3.49. The Bertz CT molecular complexity index is 273. The molecule has 0 bridgehead atoms. The molecule has 1 aromatic rings. The normalized spacial score (nSPS) is 16.0. The fourth-order valence-electron chi connectivity index (χ4n) is 0.891. The number of hydrogen-bond acceptors (Lipinski definition) is 3. The van der Waals surface area contributed by atoms with Gasteiger partial charge in [-0.1, -0.05) is 0 Å². The van der Waals surface area contributed by atoms with E-state index in [4.69, 9.17) is 23.2 Å². The standard InChI is InChI=1S/C6H8Cl2N2O2/c1-3(7)5-6(4(2)8)10(11)12-9-5/h3-4H,1-2H3/t3-,4-/m0/s1. The van der Waals surface area contributed by atoms with Crippen LogP contribution in [0.2, 0.25) is 0 Å². The minimum atomic E-state index is -0.454. The van der Waals surface area contributed by atoms with Crippen LogP contribution < -0.4 is 4.90 Å². The van der Waals surface area contributed by atoms with Crippen LogP contribution in [0.1, 0.15) is 36.0 Å². The van der Waals surface area contributed by atoms with E-state index < -0.39 is 5.38 Å². The van der Waals surface area contributed by atoms with Gasteiger partial charge in [0.05, 0.1) is 0 Å². The van der Waals surface area contributed by atoms with Crippen molar-refractivity contribution in [3.8, 4) is 0 Å². The van der Waals surface area contributed by atoms with Gasteiger partial charge in [0.15, 0.2) is 0 Å². The van der Waals surface area contributed by atoms with Gasteiger partial charge in [-0.25, -0.2) is 0 Å². The van der Waals surface area contributed by atoms with Gasteiger partial charge in [-0.3, -0.25) is 4.63 Å². The Morgan fingerprint density at radius 1 is 1.42 bits per heavy atom. The highest BCUT2D eigenvalue weighted by Gasteiger charge is 2.26. The largest absolute Gasteiger partial charge is 0.359 e. The fourth-order valence-corrected chi connectivity index (χ4v) is 1.23. The first-order chi connectivity index (χ1) is 5.54. The summed E-state index contributed by atoms with van der Waals surface area (Å²) >= 11 is 11.5. The predicted octanol–water partition coefficient (Wildman–Crippen LogP) is 1.91. The van der Waals surface area contributed by atoms with Crippen molar-refractivity contribution in [2.45, 2.75) is 24.6 Å². The van der Waals surface area contributed by atoms with E-state index in [-0.39, 0.29) is 16.0 Å². The minimum Gasteiger partial charge on any atom is -0.359 e. The summed E-state index contributed by atoms with van der Waals surface area (Å²) in [5.74, 6) is 0. The SMILES string of the molecule is C[C@H](Cl)c1no[n+]([O-])c1[C@H](C)Cl. The molecule has 0 saturated carbocycles. The molecule has 0 N–H and O–H groups in total. The first-order valence-corrected chi connectivity index (χ1v) is 4.29. The number of halogens is 2. The van der Waals surface area contributed by atoms with Crippen molar-refractivity contribution in [2.24, 2.45) is 0 Å². The summed E-state index contributed by atoms with van der Waals surface area (Å²) in [6, 6.07) is 0. The fraction of sp³-hybridized carbons (Fsp3) is 0.667. The summed E-state index contributed by atoms with van der Waals surface area (Å²) < 4.78 is 4.36. The zero-order valence-corrected chi connectivity index (χ0v) is 8.13. The minimum absolute atomic E-state index is 0.277. The lowest BCUT2D eigenvalue weighted by Gasteiger charge is -1.99. The van der Waals surface area contributed by atoms with Gasteiger partial charge in [0.2, 0.25) is 11.4 Å². The van der Waals surface area contributed by atoms with Gasteiger partial charge in [0.1, 0.15) is 10.8 Å². The van der Waals surface area contributed by atoms with E-state index >= 15 is 0 Å². The summed E-state index contributed by atoms with van der Waals surface area (Å²) in [7, 11) is 0. The van der Waals surface area contributed by atoms with Crippen molar-refractivity contribution < 1.29 is 9.53 Å². The third-order valence-corrected chi connectivity index (χ3v) is 1.84. The molecule has 0 saturated heterocycles. The van der Waals surface area contributed by atoms with Crippen LogP contribution in [0.3, 0.4) is 0 Å². The van der Waals surface area contributed by atoms with Crippen molar-refractivity contribution in [1.82, 2.24) is 5.16 Å². The second-order valence-corrected chi connectivity index (χ2v) is 3.74. The molecule has 1 aromatic heterocycles. The molecule has 0 radical (unpaired) electrons. The summed E-state index contributed by atoms with van der Waals surface area (Å²) in [6.07, 6.45) is 0. The molecule has 6 heteroatoms. The molecular weight excluding hydrogens is 203 g/mol. The Labute approximate surface area is 79.6 Å². The van der Waals surface area contributed by atoms with Crippen LogP contribution in [0.25, 0.3) is 0 Å². The monoisotopic (exact) mass is 210 g/mol. The maximum absolute atomic E-state index is 10.9. The smallest absolute Gasteiger partial charge is 0.240 e. The third kappa shape index (κ3) is 1.64. The average Bonchev–Trinajstić information content (AvgIpc) is 2.30. The molecule has 0 spiro atoms. The Kier molecular flexibility index (Phi) is 2.80. The first-order valence-electron chi connectivity index (χ1n) is 3.41. The summed E-state index contributed by atoms with van der Waals surface area (Å²) in [5, 5.41) is 13.6. The van der Waals surface area contributed by atoms with E-state index in [0.29, 0.717) is 5.69 Å². The molecule has 2 atom stereocenters. The van der Waals surface area contributed by atoms with Crippen LogP contribution in [-0.2, 0) is 0 Å². The van der Waals surface area contributed by atoms with E-state index in [1.165, 1.54) is 0 Å². The van der Waals surface area contributed by atoms with E-state index in [9.17, 15) is 5.21 Å². The molecule has 1 heterocycles. The van der Waals surface area contributed by atoms with Gasteiger partial charge in [-0.05, 0) is 18.8 Å². The van der Waals surface area contributed by atoms with Crippen molar-refractivity contribution in [3.05, 3.63) is 16.6 Å². The summed E-state index contributed by atoms with van der Waals surface area (Å²) in [6.45, 7) is 3.35. The average molecular weight is 211 g/mol. The van der Waals surface area contributed by atoms with E-state index in [2.05, 4.69) is 9.79 Å². The van der Waals surface area contributed by atoms with Gasteiger partial charge in [-0.15, -0.1) is 23.2 Å². The van der Waals surface area contributed by atoms with Gasteiger partial charge < -0.3 is 5.21 Å². The van der Waals surface area contributed by atoms with Crippen molar-refractivity contribution in [3.63, 3.8) is 0 Å². The predicted molar refractivity (Wildman–Crippen MR) is 44.0 cm³/mol. The highest BCUT2D eigenvalue weighted by atomic mass is 35.5. The summed E-state index contributed by atoms with van der Waals surface area (Å²) in [5.41, 5.74) is 0.674. The number of nitrogens with zero attached hydrogens (tertiary/aromatic N) is 2. The van der Waals surface area contributed by atoms with Gasteiger partial charge in [-0.2, -0.15) is 0 Å². The maximum Gasteiger partial charge on any atom is 0.240 e. The molecule has 0 aliphatic heterocycles. The van der Waals surface area contributed by atoms with Crippen LogP contribution in [0.15, 0.2) is 4.63 Å². The Morgan fingerprint density at radius 3 is 2.33 bits per heavy atom. The second-order valence-electron chi connectivity index (χ2n) is 2.43. The zero-order valence-electron chi connectivity index (χ0n) is 6.62. The van der Waals surface area contributed by atoms with Gasteiger partial charge >= 0.3 is 0 Å². The number of hydrogen-bond donors (Lipinski definition) is 0. The van der Waals surface area contributed by atoms with E-state index in [0.717, 1.165) is 0 Å². The number of rotatable bonds is 2. The third-order valence-electron chi connectivity index (χ3n) is 1.43. The molecule has 0 aliphatic rings. The van der Waals surface area contributed by atoms with Gasteiger partial charge in [0, 0.05) is 5.16 Å². The molecule has 4 nitrogen and oxygen atoms in total. The molecule has 0 amide bonds. The zero-order chi connectivity index (χ0) is 9.30. The molecule has 0 fully saturated rings.